The van der Waals surface area contributed by atoms with Crippen LogP contribution in [0.2, 0.25) is 0 Å². The number of alkyl halides is 6. The van der Waals surface area contributed by atoms with Gasteiger partial charge >= 0.3 is 24.1 Å². The highest BCUT2D eigenvalue weighted by molar-refractivity contribution is 6.08. The smallest absolute Gasteiger partial charge is 0.419 e. The number of hydrogen-bond donors (Lipinski definition) is 1. The Hall–Kier alpha value is -3.70. The van der Waals surface area contributed by atoms with Crippen LogP contribution in [0.3, 0.4) is 0 Å². The van der Waals surface area contributed by atoms with Crippen LogP contribution in [0.1, 0.15) is 64.5 Å². The van der Waals surface area contributed by atoms with Gasteiger partial charge in [-0.3, -0.25) is 4.79 Å². The first kappa shape index (κ1) is 31.2. The van der Waals surface area contributed by atoms with Gasteiger partial charge in [0.15, 0.2) is 5.71 Å². The number of aliphatic imine (C=N–C) groups is 2. The molecule has 0 radical (unpaired) electrons. The van der Waals surface area contributed by atoms with E-state index in [9.17, 15) is 31.1 Å². The Kier molecular flexibility index (Phi) is 8.07. The number of rotatable bonds is 8. The lowest BCUT2D eigenvalue weighted by Crippen LogP contribution is -2.34. The number of nitrogens with zero attached hydrogens (tertiary/aromatic N) is 4. The average molecular weight is 596 g/mol. The van der Waals surface area contributed by atoms with Crippen molar-refractivity contribution in [3.05, 3.63) is 70.7 Å². The molecule has 42 heavy (non-hydrogen) atoms. The highest BCUT2D eigenvalue weighted by Gasteiger charge is 2.46. The third-order valence-electron chi connectivity index (χ3n) is 7.85. The van der Waals surface area contributed by atoms with Crippen LogP contribution in [0.4, 0.5) is 32.2 Å². The molecule has 226 valence electrons. The Morgan fingerprint density at radius 2 is 1.71 bits per heavy atom. The zero-order valence-electron chi connectivity index (χ0n) is 24.0. The number of aryl methyl sites for hydroxylation is 1. The van der Waals surface area contributed by atoms with Crippen LogP contribution in [-0.2, 0) is 23.4 Å². The molecular formula is C30H33F6N4O2+. The van der Waals surface area contributed by atoms with Gasteiger partial charge in [0.05, 0.1) is 34.9 Å². The molecule has 0 unspecified atom stereocenters. The Morgan fingerprint density at radius 3 is 2.33 bits per heavy atom. The largest absolute Gasteiger partial charge is 0.481 e. The topological polar surface area (TPSA) is 69.1 Å². The van der Waals surface area contributed by atoms with E-state index in [4.69, 9.17) is 5.11 Å². The summed E-state index contributed by atoms with van der Waals surface area (Å²) in [4.78, 5) is 21.5. The molecule has 1 N–H and O–H groups in total. The van der Waals surface area contributed by atoms with E-state index in [-0.39, 0.29) is 13.0 Å². The van der Waals surface area contributed by atoms with Crippen LogP contribution >= 0.6 is 0 Å². The van der Waals surface area contributed by atoms with E-state index in [0.717, 1.165) is 24.5 Å². The van der Waals surface area contributed by atoms with Crippen molar-refractivity contribution in [2.75, 3.05) is 6.54 Å². The summed E-state index contributed by atoms with van der Waals surface area (Å²) < 4.78 is 83.0. The molecule has 3 aliphatic rings. The SMILES string of the molecule is C[n+]1cc(C(F)(F)F)cc2c1N=C(/C=C/C=C1\N=C3C(=CC(C(F)(F)F)=CN3CCCCCC(=O)O)C1(C)C)C2(C)C. The molecule has 0 saturated carbocycles. The van der Waals surface area contributed by atoms with Crippen molar-refractivity contribution in [2.45, 2.75) is 71.1 Å². The fraction of sp³-hybridized carbons (Fsp3) is 0.467. The van der Waals surface area contributed by atoms with Crippen molar-refractivity contribution >= 4 is 23.3 Å². The van der Waals surface area contributed by atoms with Crippen LogP contribution < -0.4 is 4.57 Å². The maximum Gasteiger partial charge on any atom is 0.419 e. The number of carboxylic acid groups (broad SMARTS) is 1. The van der Waals surface area contributed by atoms with Gasteiger partial charge in [-0.25, -0.2) is 9.56 Å². The molecule has 4 heterocycles. The number of fused-ring (bicyclic) bond motifs is 2. The number of hydrogen-bond acceptors (Lipinski definition) is 4. The Bertz CT molecular complexity index is 1470. The minimum Gasteiger partial charge on any atom is -0.481 e. The van der Waals surface area contributed by atoms with Gasteiger partial charge in [0, 0.05) is 30.2 Å². The molecule has 4 rings (SSSR count). The monoisotopic (exact) mass is 595 g/mol. The highest BCUT2D eigenvalue weighted by Crippen LogP contribution is 2.47. The second kappa shape index (κ2) is 10.9. The summed E-state index contributed by atoms with van der Waals surface area (Å²) in [7, 11) is 1.51. The summed E-state index contributed by atoms with van der Waals surface area (Å²) in [6.07, 6.45) is 0.589. The molecule has 1 aromatic rings. The van der Waals surface area contributed by atoms with Gasteiger partial charge in [0.1, 0.15) is 12.0 Å². The number of aliphatic carboxylic acids is 1. The third-order valence-corrected chi connectivity index (χ3v) is 7.85. The van der Waals surface area contributed by atoms with Crippen molar-refractivity contribution < 1.29 is 40.8 Å². The van der Waals surface area contributed by atoms with E-state index >= 15 is 0 Å². The number of amidine groups is 1. The summed E-state index contributed by atoms with van der Waals surface area (Å²) >= 11 is 0. The van der Waals surface area contributed by atoms with Gasteiger partial charge in [-0.2, -0.15) is 26.3 Å². The Morgan fingerprint density at radius 1 is 1.02 bits per heavy atom. The second-order valence-electron chi connectivity index (χ2n) is 11.7. The molecule has 0 atom stereocenters. The van der Waals surface area contributed by atoms with Crippen LogP contribution in [0, 0.1) is 5.41 Å². The van der Waals surface area contributed by atoms with Gasteiger partial charge < -0.3 is 10.0 Å². The van der Waals surface area contributed by atoms with Crippen molar-refractivity contribution in [1.29, 1.82) is 0 Å². The number of carboxylic acids is 1. The molecule has 0 aromatic carbocycles. The standard InChI is InChI=1S/C30H32F6N4O2/c1-27(2)20-14-18(29(31,32)33)16-39(5)25(20)37-22(27)10-9-11-23-28(3,4)21-15-19(30(34,35)36)17-40(26(21)38-23)13-8-6-7-12-24(41)42/h9-11,14-17H,6-8,12-13H2,1-5H3/p+1. The number of aromatic nitrogens is 1. The first-order valence-corrected chi connectivity index (χ1v) is 13.5. The Balaban J connectivity index is 1.61. The minimum atomic E-state index is -4.56. The number of pyridine rings is 1. The number of carbonyl (C=O) groups is 1. The molecule has 0 aliphatic carbocycles. The lowest BCUT2D eigenvalue weighted by molar-refractivity contribution is -0.659. The van der Waals surface area contributed by atoms with Crippen molar-refractivity contribution in [2.24, 2.45) is 22.4 Å². The van der Waals surface area contributed by atoms with Crippen molar-refractivity contribution in [3.63, 3.8) is 0 Å². The maximum absolute atomic E-state index is 13.8. The van der Waals surface area contributed by atoms with E-state index < -0.39 is 40.3 Å². The maximum atomic E-state index is 13.8. The first-order chi connectivity index (χ1) is 19.3. The predicted octanol–water partition coefficient (Wildman–Crippen LogP) is 7.11. The summed E-state index contributed by atoms with van der Waals surface area (Å²) in [5, 5.41) is 8.83. The zero-order chi connectivity index (χ0) is 31.3. The van der Waals surface area contributed by atoms with Crippen molar-refractivity contribution in [1.82, 2.24) is 4.90 Å². The van der Waals surface area contributed by atoms with Crippen LogP contribution in [0.15, 0.2) is 69.6 Å². The molecule has 0 amide bonds. The van der Waals surface area contributed by atoms with Gasteiger partial charge in [-0.05, 0) is 56.0 Å². The summed E-state index contributed by atoms with van der Waals surface area (Å²) in [6, 6.07) is 1.11. The number of unbranched alkanes of at least 4 members (excludes halogenated alkanes) is 2. The zero-order valence-corrected chi connectivity index (χ0v) is 24.0. The third kappa shape index (κ3) is 6.07. The van der Waals surface area contributed by atoms with Crippen molar-refractivity contribution in [3.8, 4) is 0 Å². The first-order valence-electron chi connectivity index (χ1n) is 13.5. The van der Waals surface area contributed by atoms with Crippen LogP contribution in [0.5, 0.6) is 0 Å². The molecule has 1 aromatic heterocycles. The summed E-state index contributed by atoms with van der Waals surface area (Å²) in [5.74, 6) is -0.0934. The lowest BCUT2D eigenvalue weighted by Gasteiger charge is -2.31. The fourth-order valence-electron chi connectivity index (χ4n) is 5.26. The summed E-state index contributed by atoms with van der Waals surface area (Å²) in [5.41, 5.74) is -1.33. The van der Waals surface area contributed by atoms with Gasteiger partial charge in [-0.1, -0.05) is 26.3 Å². The van der Waals surface area contributed by atoms with Crippen LogP contribution in [0.25, 0.3) is 0 Å². The predicted molar refractivity (Wildman–Crippen MR) is 146 cm³/mol. The van der Waals surface area contributed by atoms with E-state index in [2.05, 4.69) is 9.98 Å². The normalized spacial score (nSPS) is 20.4. The molecule has 0 saturated heterocycles. The molecule has 0 fully saturated rings. The molecule has 12 heteroatoms. The molecule has 6 nitrogen and oxygen atoms in total. The fourth-order valence-corrected chi connectivity index (χ4v) is 5.26. The Labute approximate surface area is 240 Å². The number of halogens is 6. The molecule has 3 aliphatic heterocycles. The van der Waals surface area contributed by atoms with Gasteiger partial charge in [0.2, 0.25) is 0 Å². The highest BCUT2D eigenvalue weighted by atomic mass is 19.4. The molecular weight excluding hydrogens is 562 g/mol. The van der Waals surface area contributed by atoms with E-state index in [1.807, 2.05) is 0 Å². The molecule has 0 bridgehead atoms. The van der Waals surface area contributed by atoms with E-state index in [1.165, 1.54) is 16.5 Å². The lowest BCUT2D eigenvalue weighted by atomic mass is 9.80. The number of allylic oxidation sites excluding steroid dienone is 6. The quantitative estimate of drug-likeness (QED) is 0.198. The average Bonchev–Trinajstić information content (AvgIpc) is 3.27. The van der Waals surface area contributed by atoms with E-state index in [0.29, 0.717) is 53.5 Å². The van der Waals surface area contributed by atoms with Crippen LogP contribution in [-0.4, -0.2) is 40.2 Å². The molecule has 0 spiro atoms. The minimum absolute atomic E-state index is 0.00306. The van der Waals surface area contributed by atoms with Gasteiger partial charge in [0.25, 0.3) is 0 Å². The summed E-state index contributed by atoms with van der Waals surface area (Å²) in [6.45, 7) is 7.38. The second-order valence-corrected chi connectivity index (χ2v) is 11.7. The van der Waals surface area contributed by atoms with E-state index in [1.54, 1.807) is 45.9 Å². The van der Waals surface area contributed by atoms with Gasteiger partial charge in [-0.15, -0.1) is 0 Å².